The predicted molar refractivity (Wildman–Crippen MR) is 99.8 cm³/mol. The number of sulfonamides is 1. The van der Waals surface area contributed by atoms with Gasteiger partial charge in [-0.3, -0.25) is 9.78 Å². The Morgan fingerprint density at radius 1 is 1.12 bits per heavy atom. The molecule has 0 saturated carbocycles. The first-order valence-electron chi connectivity index (χ1n) is 8.61. The second-order valence-corrected chi connectivity index (χ2v) is 8.54. The minimum atomic E-state index is -3.35. The molecule has 1 aromatic carbocycles. The third-order valence-electron chi connectivity index (χ3n) is 4.61. The molecular formula is C19H23N3O3S. The van der Waals surface area contributed by atoms with E-state index in [1.54, 1.807) is 29.4 Å². The van der Waals surface area contributed by atoms with E-state index in [4.69, 9.17) is 0 Å². The number of aromatic nitrogens is 1. The zero-order chi connectivity index (χ0) is 18.6. The summed E-state index contributed by atoms with van der Waals surface area (Å²) in [5, 5.41) is 0. The second kappa shape index (κ2) is 7.97. The Morgan fingerprint density at radius 3 is 2.38 bits per heavy atom. The zero-order valence-corrected chi connectivity index (χ0v) is 15.6. The SMILES string of the molecule is CS(=O)(=O)N(Cc1ccncc1)C1CN(C(=O)CCc2ccccc2)C1. The lowest BCUT2D eigenvalue weighted by Gasteiger charge is -2.44. The van der Waals surface area contributed by atoms with E-state index in [9.17, 15) is 13.2 Å². The van der Waals surface area contributed by atoms with Gasteiger partial charge >= 0.3 is 0 Å². The lowest BCUT2D eigenvalue weighted by Crippen LogP contribution is -2.61. The normalized spacial score (nSPS) is 15.1. The molecule has 0 aliphatic carbocycles. The number of hydrogen-bond acceptors (Lipinski definition) is 4. The number of nitrogens with zero attached hydrogens (tertiary/aromatic N) is 3. The van der Waals surface area contributed by atoms with Gasteiger partial charge in [-0.15, -0.1) is 0 Å². The fraction of sp³-hybridized carbons (Fsp3) is 0.368. The molecule has 0 spiro atoms. The molecule has 1 aliphatic rings. The number of benzene rings is 1. The molecule has 1 aromatic heterocycles. The Hall–Kier alpha value is -2.25. The van der Waals surface area contributed by atoms with E-state index in [-0.39, 0.29) is 11.9 Å². The van der Waals surface area contributed by atoms with E-state index in [1.165, 1.54) is 10.6 Å². The van der Waals surface area contributed by atoms with Crippen LogP contribution in [0.4, 0.5) is 0 Å². The van der Waals surface area contributed by atoms with Crippen LogP contribution in [-0.4, -0.2) is 53.9 Å². The Bertz CT molecular complexity index is 835. The molecule has 1 amide bonds. The van der Waals surface area contributed by atoms with Crippen LogP contribution in [-0.2, 0) is 27.8 Å². The molecule has 3 rings (SSSR count). The van der Waals surface area contributed by atoms with Gasteiger partial charge in [-0.25, -0.2) is 8.42 Å². The van der Waals surface area contributed by atoms with Gasteiger partial charge in [0.25, 0.3) is 0 Å². The van der Waals surface area contributed by atoms with Gasteiger partial charge in [0.05, 0.1) is 12.3 Å². The third kappa shape index (κ3) is 4.68. The molecule has 7 heteroatoms. The molecule has 2 aromatic rings. The van der Waals surface area contributed by atoms with Crippen LogP contribution in [0.2, 0.25) is 0 Å². The van der Waals surface area contributed by atoms with Crippen molar-refractivity contribution in [2.24, 2.45) is 0 Å². The maximum Gasteiger partial charge on any atom is 0.223 e. The highest BCUT2D eigenvalue weighted by molar-refractivity contribution is 7.88. The standard InChI is InChI=1S/C19H23N3O3S/c1-26(24,25)22(13-17-9-11-20-12-10-17)18-14-21(15-18)19(23)8-7-16-5-3-2-4-6-16/h2-6,9-12,18H,7-8,13-15H2,1H3. The van der Waals surface area contributed by atoms with Crippen LogP contribution in [0.1, 0.15) is 17.5 Å². The third-order valence-corrected chi connectivity index (χ3v) is 5.89. The molecule has 0 radical (unpaired) electrons. The van der Waals surface area contributed by atoms with Crippen molar-refractivity contribution in [3.63, 3.8) is 0 Å². The summed E-state index contributed by atoms with van der Waals surface area (Å²) >= 11 is 0. The number of amides is 1. The van der Waals surface area contributed by atoms with E-state index in [1.807, 2.05) is 30.3 Å². The first-order valence-corrected chi connectivity index (χ1v) is 10.5. The Kier molecular flexibility index (Phi) is 5.68. The van der Waals surface area contributed by atoms with E-state index < -0.39 is 10.0 Å². The molecule has 0 bridgehead atoms. The highest BCUT2D eigenvalue weighted by Gasteiger charge is 2.38. The number of carbonyl (C=O) groups is 1. The van der Waals surface area contributed by atoms with Crippen LogP contribution in [0, 0.1) is 0 Å². The van der Waals surface area contributed by atoms with Crippen LogP contribution in [0.5, 0.6) is 0 Å². The lowest BCUT2D eigenvalue weighted by atomic mass is 10.1. The molecule has 1 saturated heterocycles. The first kappa shape index (κ1) is 18.5. The number of aryl methyl sites for hydroxylation is 1. The molecular weight excluding hydrogens is 350 g/mol. The molecule has 138 valence electrons. The van der Waals surface area contributed by atoms with Crippen LogP contribution >= 0.6 is 0 Å². The Morgan fingerprint density at radius 2 is 1.77 bits per heavy atom. The van der Waals surface area contributed by atoms with Crippen LogP contribution < -0.4 is 0 Å². The summed E-state index contributed by atoms with van der Waals surface area (Å²) in [7, 11) is -3.35. The summed E-state index contributed by atoms with van der Waals surface area (Å²) in [6, 6.07) is 13.3. The van der Waals surface area contributed by atoms with Crippen LogP contribution in [0.25, 0.3) is 0 Å². The van der Waals surface area contributed by atoms with Gasteiger partial charge in [-0.2, -0.15) is 4.31 Å². The predicted octanol–water partition coefficient (Wildman–Crippen LogP) is 1.69. The minimum absolute atomic E-state index is 0.0717. The number of carbonyl (C=O) groups excluding carboxylic acids is 1. The molecule has 1 fully saturated rings. The van der Waals surface area contributed by atoms with E-state index in [0.29, 0.717) is 32.5 Å². The Balaban J connectivity index is 1.55. The van der Waals surface area contributed by atoms with Crippen molar-refractivity contribution in [3.05, 3.63) is 66.0 Å². The van der Waals surface area contributed by atoms with E-state index in [0.717, 1.165) is 11.1 Å². The van der Waals surface area contributed by atoms with Gasteiger partial charge in [0.15, 0.2) is 0 Å². The smallest absolute Gasteiger partial charge is 0.223 e. The fourth-order valence-corrected chi connectivity index (χ4v) is 4.14. The van der Waals surface area contributed by atoms with Crippen molar-refractivity contribution >= 4 is 15.9 Å². The average Bonchev–Trinajstić information content (AvgIpc) is 2.59. The topological polar surface area (TPSA) is 70.6 Å². The molecule has 0 unspecified atom stereocenters. The highest BCUT2D eigenvalue weighted by Crippen LogP contribution is 2.21. The molecule has 2 heterocycles. The maximum atomic E-state index is 12.3. The average molecular weight is 373 g/mol. The van der Waals surface area contributed by atoms with Gasteiger partial charge in [0.2, 0.25) is 15.9 Å². The lowest BCUT2D eigenvalue weighted by molar-refractivity contribution is -0.137. The number of rotatable bonds is 7. The number of likely N-dealkylation sites (tertiary alicyclic amines) is 1. The van der Waals surface area contributed by atoms with Crippen molar-refractivity contribution in [2.75, 3.05) is 19.3 Å². The van der Waals surface area contributed by atoms with Crippen LogP contribution in [0.15, 0.2) is 54.9 Å². The largest absolute Gasteiger partial charge is 0.339 e. The van der Waals surface area contributed by atoms with Gasteiger partial charge < -0.3 is 4.90 Å². The maximum absolute atomic E-state index is 12.3. The van der Waals surface area contributed by atoms with Crippen molar-refractivity contribution in [1.82, 2.24) is 14.2 Å². The quantitative estimate of drug-likeness (QED) is 0.740. The van der Waals surface area contributed by atoms with Crippen molar-refractivity contribution in [1.29, 1.82) is 0 Å². The summed E-state index contributed by atoms with van der Waals surface area (Å²) in [5.41, 5.74) is 2.02. The molecule has 0 N–H and O–H groups in total. The van der Waals surface area contributed by atoms with Gasteiger partial charge in [-0.05, 0) is 29.7 Å². The molecule has 0 atom stereocenters. The molecule has 6 nitrogen and oxygen atoms in total. The van der Waals surface area contributed by atoms with Crippen molar-refractivity contribution in [2.45, 2.75) is 25.4 Å². The summed E-state index contributed by atoms with van der Waals surface area (Å²) in [6.45, 7) is 1.20. The summed E-state index contributed by atoms with van der Waals surface area (Å²) in [6.07, 6.45) is 5.66. The minimum Gasteiger partial charge on any atom is -0.339 e. The Labute approximate surface area is 154 Å². The van der Waals surface area contributed by atoms with Crippen molar-refractivity contribution < 1.29 is 13.2 Å². The zero-order valence-electron chi connectivity index (χ0n) is 14.8. The van der Waals surface area contributed by atoms with Gasteiger partial charge in [0.1, 0.15) is 0 Å². The number of pyridine rings is 1. The van der Waals surface area contributed by atoms with E-state index in [2.05, 4.69) is 4.98 Å². The summed E-state index contributed by atoms with van der Waals surface area (Å²) in [4.78, 5) is 18.0. The summed E-state index contributed by atoms with van der Waals surface area (Å²) in [5.74, 6) is 0.0717. The van der Waals surface area contributed by atoms with Gasteiger partial charge in [-0.1, -0.05) is 30.3 Å². The van der Waals surface area contributed by atoms with Crippen molar-refractivity contribution in [3.8, 4) is 0 Å². The molecule has 1 aliphatic heterocycles. The molecule has 26 heavy (non-hydrogen) atoms. The first-order chi connectivity index (χ1) is 12.4. The monoisotopic (exact) mass is 373 g/mol. The highest BCUT2D eigenvalue weighted by atomic mass is 32.2. The van der Waals surface area contributed by atoms with Gasteiger partial charge in [0, 0.05) is 38.4 Å². The second-order valence-electron chi connectivity index (χ2n) is 6.60. The van der Waals surface area contributed by atoms with E-state index >= 15 is 0 Å². The van der Waals surface area contributed by atoms with Crippen LogP contribution in [0.3, 0.4) is 0 Å². The number of hydrogen-bond donors (Lipinski definition) is 0. The summed E-state index contributed by atoms with van der Waals surface area (Å²) < 4.78 is 25.8. The fourth-order valence-electron chi connectivity index (χ4n) is 3.08.